The zero-order valence-electron chi connectivity index (χ0n) is 11.7. The van der Waals surface area contributed by atoms with E-state index in [-0.39, 0.29) is 18.4 Å². The zero-order valence-corrected chi connectivity index (χ0v) is 13.8. The second kappa shape index (κ2) is 5.22. The van der Waals surface area contributed by atoms with Crippen molar-refractivity contribution < 1.29 is 9.59 Å². The molecule has 1 aliphatic heterocycles. The molecule has 106 valence electrons. The summed E-state index contributed by atoms with van der Waals surface area (Å²) in [6.45, 7) is 4.18. The van der Waals surface area contributed by atoms with Gasteiger partial charge in [0.1, 0.15) is 0 Å². The van der Waals surface area contributed by atoms with Gasteiger partial charge in [-0.15, -0.1) is 0 Å². The summed E-state index contributed by atoms with van der Waals surface area (Å²) >= 11 is 2.26. The largest absolute Gasteiger partial charge is 0.269 e. The van der Waals surface area contributed by atoms with Crippen LogP contribution in [0.5, 0.6) is 0 Å². The van der Waals surface area contributed by atoms with Crippen molar-refractivity contribution >= 4 is 34.4 Å². The van der Waals surface area contributed by atoms with Gasteiger partial charge in [-0.05, 0) is 59.7 Å². The molecule has 21 heavy (non-hydrogen) atoms. The predicted molar refractivity (Wildman–Crippen MR) is 87.1 cm³/mol. The van der Waals surface area contributed by atoms with Crippen LogP contribution in [0, 0.1) is 17.4 Å². The number of pyridine rings is 1. The average Bonchev–Trinajstić information content (AvgIpc) is 2.73. The maximum absolute atomic E-state index is 12.4. The van der Waals surface area contributed by atoms with Crippen LogP contribution in [0.4, 0.5) is 0 Å². The lowest BCUT2D eigenvalue weighted by atomic mass is 10.1. The molecule has 1 aromatic heterocycles. The first-order valence-corrected chi connectivity index (χ1v) is 7.64. The minimum atomic E-state index is -0.243. The Morgan fingerprint density at radius 1 is 1.10 bits per heavy atom. The molecular formula is C16H13IN2O2. The van der Waals surface area contributed by atoms with Gasteiger partial charge < -0.3 is 0 Å². The minimum Gasteiger partial charge on any atom is -0.269 e. The van der Waals surface area contributed by atoms with Crippen LogP contribution in [-0.4, -0.2) is 21.7 Å². The summed E-state index contributed by atoms with van der Waals surface area (Å²) < 4.78 is 1.12. The highest BCUT2D eigenvalue weighted by Gasteiger charge is 2.35. The fourth-order valence-corrected chi connectivity index (χ4v) is 2.89. The van der Waals surface area contributed by atoms with Crippen LogP contribution in [0.25, 0.3) is 0 Å². The highest BCUT2D eigenvalue weighted by atomic mass is 127. The van der Waals surface area contributed by atoms with E-state index in [1.54, 1.807) is 30.5 Å². The molecule has 0 aliphatic carbocycles. The molecule has 3 rings (SSSR count). The van der Waals surface area contributed by atoms with Crippen LogP contribution in [-0.2, 0) is 6.54 Å². The number of aromatic nitrogens is 1. The number of carbonyl (C=O) groups excluding carboxylic acids is 2. The van der Waals surface area contributed by atoms with Gasteiger partial charge in [0.25, 0.3) is 11.8 Å². The predicted octanol–water partition coefficient (Wildman–Crippen LogP) is 3.10. The third-order valence-electron chi connectivity index (χ3n) is 3.71. The van der Waals surface area contributed by atoms with Crippen LogP contribution in [0.2, 0.25) is 0 Å². The Hall–Kier alpha value is -1.76. The van der Waals surface area contributed by atoms with Gasteiger partial charge in [-0.1, -0.05) is 12.1 Å². The van der Waals surface area contributed by atoms with E-state index in [0.717, 1.165) is 20.4 Å². The average molecular weight is 392 g/mol. The smallest absolute Gasteiger partial charge is 0.261 e. The Bertz CT molecular complexity index is 736. The number of imide groups is 1. The molecular weight excluding hydrogens is 379 g/mol. The number of aryl methyl sites for hydroxylation is 1. The monoisotopic (exact) mass is 392 g/mol. The fraction of sp³-hybridized carbons (Fsp3) is 0.188. The molecule has 4 nitrogen and oxygen atoms in total. The highest BCUT2D eigenvalue weighted by molar-refractivity contribution is 14.1. The number of hydrogen-bond donors (Lipinski definition) is 0. The highest BCUT2D eigenvalue weighted by Crippen LogP contribution is 2.26. The van der Waals surface area contributed by atoms with Gasteiger partial charge in [0.2, 0.25) is 0 Å². The minimum absolute atomic E-state index is 0.217. The van der Waals surface area contributed by atoms with Crippen LogP contribution < -0.4 is 0 Å². The van der Waals surface area contributed by atoms with Gasteiger partial charge in [0.15, 0.2) is 0 Å². The summed E-state index contributed by atoms with van der Waals surface area (Å²) in [5, 5.41) is 0. The number of rotatable bonds is 2. The summed E-state index contributed by atoms with van der Waals surface area (Å²) in [7, 11) is 0. The Labute approximate surface area is 136 Å². The van der Waals surface area contributed by atoms with E-state index in [4.69, 9.17) is 0 Å². The Morgan fingerprint density at radius 2 is 1.67 bits per heavy atom. The summed E-state index contributed by atoms with van der Waals surface area (Å²) in [5.74, 6) is -0.486. The second-order valence-corrected chi connectivity index (χ2v) is 6.15. The number of hydrogen-bond acceptors (Lipinski definition) is 3. The SMILES string of the molecule is Cc1cnc(CN2C(=O)c3ccccc3C2=O)c(C)c1I. The summed E-state index contributed by atoms with van der Waals surface area (Å²) in [5.41, 5.74) is 3.83. The number of amides is 2. The van der Waals surface area contributed by atoms with Crippen LogP contribution in [0.15, 0.2) is 30.5 Å². The van der Waals surface area contributed by atoms with Crippen molar-refractivity contribution in [1.29, 1.82) is 0 Å². The lowest BCUT2D eigenvalue weighted by molar-refractivity contribution is 0.0640. The van der Waals surface area contributed by atoms with E-state index in [1.807, 2.05) is 13.8 Å². The van der Waals surface area contributed by atoms with Crippen molar-refractivity contribution in [3.8, 4) is 0 Å². The van der Waals surface area contributed by atoms with Gasteiger partial charge >= 0.3 is 0 Å². The number of fused-ring (bicyclic) bond motifs is 1. The molecule has 0 N–H and O–H groups in total. The van der Waals surface area contributed by atoms with E-state index in [2.05, 4.69) is 27.6 Å². The fourth-order valence-electron chi connectivity index (χ4n) is 2.44. The Balaban J connectivity index is 1.96. The summed E-state index contributed by atoms with van der Waals surface area (Å²) in [6.07, 6.45) is 1.78. The van der Waals surface area contributed by atoms with E-state index in [1.165, 1.54) is 4.90 Å². The van der Waals surface area contributed by atoms with Gasteiger partial charge in [0.05, 0.1) is 23.4 Å². The van der Waals surface area contributed by atoms with Gasteiger partial charge in [-0.3, -0.25) is 19.5 Å². The molecule has 2 aromatic rings. The third kappa shape index (κ3) is 2.25. The first-order chi connectivity index (χ1) is 10.0. The molecule has 2 amide bonds. The molecule has 2 heterocycles. The molecule has 5 heteroatoms. The molecule has 1 aliphatic rings. The van der Waals surface area contributed by atoms with Gasteiger partial charge in [-0.25, -0.2) is 0 Å². The molecule has 0 spiro atoms. The summed E-state index contributed by atoms with van der Waals surface area (Å²) in [4.78, 5) is 30.4. The van der Waals surface area contributed by atoms with Crippen molar-refractivity contribution in [2.75, 3.05) is 0 Å². The van der Waals surface area contributed by atoms with E-state index >= 15 is 0 Å². The van der Waals surface area contributed by atoms with Crippen molar-refractivity contribution in [3.05, 3.63) is 62.0 Å². The number of carbonyl (C=O) groups is 2. The molecule has 0 bridgehead atoms. The van der Waals surface area contributed by atoms with E-state index < -0.39 is 0 Å². The maximum Gasteiger partial charge on any atom is 0.261 e. The van der Waals surface area contributed by atoms with Gasteiger partial charge in [0, 0.05) is 9.77 Å². The lowest BCUT2D eigenvalue weighted by Gasteiger charge is -2.16. The molecule has 0 unspecified atom stereocenters. The second-order valence-electron chi connectivity index (χ2n) is 5.07. The topological polar surface area (TPSA) is 50.3 Å². The molecule has 0 saturated carbocycles. The Kier molecular flexibility index (Phi) is 3.52. The van der Waals surface area contributed by atoms with Gasteiger partial charge in [-0.2, -0.15) is 0 Å². The lowest BCUT2D eigenvalue weighted by Crippen LogP contribution is -2.30. The maximum atomic E-state index is 12.4. The number of nitrogens with zero attached hydrogens (tertiary/aromatic N) is 2. The van der Waals surface area contributed by atoms with Crippen molar-refractivity contribution in [3.63, 3.8) is 0 Å². The van der Waals surface area contributed by atoms with E-state index in [9.17, 15) is 9.59 Å². The molecule has 0 fully saturated rings. The molecule has 0 radical (unpaired) electrons. The van der Waals surface area contributed by atoms with Crippen LogP contribution in [0.1, 0.15) is 37.5 Å². The van der Waals surface area contributed by atoms with Crippen molar-refractivity contribution in [2.45, 2.75) is 20.4 Å². The normalized spacial score (nSPS) is 13.8. The van der Waals surface area contributed by atoms with E-state index in [0.29, 0.717) is 11.1 Å². The summed E-state index contributed by atoms with van der Waals surface area (Å²) in [6, 6.07) is 6.92. The zero-order chi connectivity index (χ0) is 15.1. The molecule has 0 atom stereocenters. The van der Waals surface area contributed by atoms with Crippen LogP contribution >= 0.6 is 22.6 Å². The third-order valence-corrected chi connectivity index (χ3v) is 5.37. The quantitative estimate of drug-likeness (QED) is 0.583. The first kappa shape index (κ1) is 14.2. The molecule has 1 aromatic carbocycles. The van der Waals surface area contributed by atoms with Crippen LogP contribution in [0.3, 0.4) is 0 Å². The van der Waals surface area contributed by atoms with Crippen molar-refractivity contribution in [2.24, 2.45) is 0 Å². The van der Waals surface area contributed by atoms with Crippen molar-refractivity contribution in [1.82, 2.24) is 9.88 Å². The molecule has 0 saturated heterocycles. The number of halogens is 1. The first-order valence-electron chi connectivity index (χ1n) is 6.56. The number of benzene rings is 1. The standard InChI is InChI=1S/C16H13IN2O2/c1-9-7-18-13(10(2)14(9)17)8-19-15(20)11-5-3-4-6-12(11)16(19)21/h3-7H,8H2,1-2H3. The Morgan fingerprint density at radius 3 is 2.24 bits per heavy atom.